The van der Waals surface area contributed by atoms with Gasteiger partial charge in [-0.25, -0.2) is 0 Å². The number of hydrogen-bond donors (Lipinski definition) is 0. The molecule has 0 saturated heterocycles. The van der Waals surface area contributed by atoms with Crippen LogP contribution in [-0.2, 0) is 66.7 Å². The van der Waals surface area contributed by atoms with Gasteiger partial charge >= 0.3 is 23.9 Å². The molecule has 0 fully saturated rings. The second kappa shape index (κ2) is 90.2. The van der Waals surface area contributed by atoms with E-state index >= 15 is 0 Å². The minimum absolute atomic E-state index is 0.110. The predicted molar refractivity (Wildman–Crippen MR) is 359 cm³/mol. The maximum Gasteiger partial charge on any atom is 0.306 e. The zero-order valence-corrected chi connectivity index (χ0v) is 59.3. The second-order valence-electron chi connectivity index (χ2n) is 23.4. The fourth-order valence-corrected chi connectivity index (χ4v) is 7.81. The van der Waals surface area contributed by atoms with Gasteiger partial charge in [-0.15, -0.1) is 0 Å². The third-order valence-electron chi connectivity index (χ3n) is 13.4. The molecule has 0 radical (unpaired) electrons. The van der Waals surface area contributed by atoms with Crippen molar-refractivity contribution in [2.24, 2.45) is 23.7 Å². The molecule has 0 bridgehead atoms. The van der Waals surface area contributed by atoms with Crippen LogP contribution in [-0.4, -0.2) is 96.5 Å². The minimum atomic E-state index is -0.263. The Bertz CT molecular complexity index is 1320. The molecule has 0 aromatic carbocycles. The van der Waals surface area contributed by atoms with Crippen LogP contribution in [0, 0.1) is 23.7 Å². The van der Waals surface area contributed by atoms with E-state index in [-0.39, 0.29) is 48.7 Å². The van der Waals surface area contributed by atoms with Gasteiger partial charge in [0, 0.05) is 45.1 Å². The number of aldehydes is 1. The molecule has 0 N–H and O–H groups in total. The molecule has 0 aliphatic heterocycles. The summed E-state index contributed by atoms with van der Waals surface area (Å²) in [6, 6.07) is 0. The van der Waals surface area contributed by atoms with E-state index in [2.05, 4.69) is 85.6 Å². The molecule has 0 spiro atoms. The Morgan fingerprint density at radius 2 is 0.744 bits per heavy atom. The van der Waals surface area contributed by atoms with Crippen molar-refractivity contribution in [2.75, 3.05) is 53.4 Å². The molecule has 0 rings (SSSR count). The highest BCUT2D eigenvalue weighted by Crippen LogP contribution is 2.13. The maximum absolute atomic E-state index is 11.7. The average Bonchev–Trinajstić information content (AvgIpc) is 3.52. The first-order valence-corrected chi connectivity index (χ1v) is 35.1. The standard InChI is InChI=1S/C18H34O5.C15H28O4.C9H18O.C9H20.C8H16O2.C7H16.C6H12O2/c1-4-6-7-8-9-10-11-17(19)23-15-16(14-21-3)13-18(20)22-12-5-2;1-3-5-6-7-8-9-10-15(17)19-12-14(4-2)11-18-13-16;1-2-3-4-5-6-7-8-9-10;1-3-5-7-9-8-6-4-2;1-7(2)5-4-6-10-8(3)9;1-3-5-7-6-4-2;1-6(2)3-4-8-5-7/h16H,4-15H2,1-3H3;13-14H,3-12H2,1-2H3;9H,2-8H2,1H3;3-9H2,1-2H3;7H,4-6H2,1-3H3;3-7H2,1-2H3;5-6H,3-4H2,1-2H3. The Morgan fingerprint density at radius 3 is 1.09 bits per heavy atom. The summed E-state index contributed by atoms with van der Waals surface area (Å²) in [5.74, 6) is 0.523. The van der Waals surface area contributed by atoms with Crippen LogP contribution in [0.5, 0.6) is 0 Å². The molecule has 0 aliphatic carbocycles. The zero-order chi connectivity index (χ0) is 66.2. The molecule has 86 heavy (non-hydrogen) atoms. The number of carbonyl (C=O) groups is 7. The third kappa shape index (κ3) is 108. The number of carbonyl (C=O) groups excluding carboxylic acids is 7. The number of ether oxygens (including phenoxy) is 7. The van der Waals surface area contributed by atoms with E-state index in [9.17, 15) is 33.6 Å². The van der Waals surface area contributed by atoms with Crippen LogP contribution < -0.4 is 0 Å². The predicted octanol–water partition coefficient (Wildman–Crippen LogP) is 20.2. The number of rotatable bonds is 53. The maximum atomic E-state index is 11.7. The monoisotopic (exact) mass is 1230 g/mol. The summed E-state index contributed by atoms with van der Waals surface area (Å²) in [6.07, 6.45) is 46.1. The molecule has 0 aromatic rings. The lowest BCUT2D eigenvalue weighted by molar-refractivity contribution is -0.151. The van der Waals surface area contributed by atoms with E-state index < -0.39 is 0 Å². The fourth-order valence-electron chi connectivity index (χ4n) is 7.81. The van der Waals surface area contributed by atoms with Crippen molar-refractivity contribution in [2.45, 2.75) is 347 Å². The van der Waals surface area contributed by atoms with Crippen molar-refractivity contribution in [3.63, 3.8) is 0 Å². The molecule has 0 aliphatic rings. The SMILES string of the molecule is CC(=O)OCCCC(C)C.CC(C)CCOC=O.CCCCCCC.CCCCCCCCC.CCCCCCCCC(=O)OCC(CC)COC=O.CCCCCCCCC(=O)OCC(COC)CC(=O)OCCC.CCCCCCCCC=O. The summed E-state index contributed by atoms with van der Waals surface area (Å²) in [7, 11) is 1.57. The Kier molecular flexibility index (Phi) is 101. The first-order valence-electron chi connectivity index (χ1n) is 35.1. The molecular formula is C72H144O14. The Balaban J connectivity index is -0.000000178. The van der Waals surface area contributed by atoms with E-state index in [0.717, 1.165) is 76.9 Å². The molecule has 2 atom stereocenters. The fraction of sp³-hybridized carbons (Fsp3) is 0.903. The third-order valence-corrected chi connectivity index (χ3v) is 13.4. The van der Waals surface area contributed by atoms with Crippen LogP contribution in [0.2, 0.25) is 0 Å². The first-order chi connectivity index (χ1) is 41.5. The summed E-state index contributed by atoms with van der Waals surface area (Å²) in [5, 5.41) is 0. The van der Waals surface area contributed by atoms with E-state index in [0.29, 0.717) is 77.3 Å². The van der Waals surface area contributed by atoms with E-state index in [1.807, 2.05) is 13.8 Å². The van der Waals surface area contributed by atoms with Crippen molar-refractivity contribution in [1.82, 2.24) is 0 Å². The number of unbranched alkanes of at least 4 members (excludes halogenated alkanes) is 26. The highest BCUT2D eigenvalue weighted by Gasteiger charge is 2.17. The van der Waals surface area contributed by atoms with Gasteiger partial charge in [0.25, 0.3) is 12.9 Å². The normalized spacial score (nSPS) is 10.8. The van der Waals surface area contributed by atoms with Gasteiger partial charge in [0.05, 0.1) is 52.7 Å². The number of hydrogen-bond acceptors (Lipinski definition) is 14. The van der Waals surface area contributed by atoms with Crippen molar-refractivity contribution in [3.8, 4) is 0 Å². The molecule has 0 heterocycles. The van der Waals surface area contributed by atoms with E-state index in [1.165, 1.54) is 167 Å². The number of methoxy groups -OCH3 is 1. The molecule has 0 aromatic heterocycles. The topological polar surface area (TPSA) is 184 Å². The van der Waals surface area contributed by atoms with Crippen LogP contribution >= 0.6 is 0 Å². The van der Waals surface area contributed by atoms with Gasteiger partial charge in [0.1, 0.15) is 6.29 Å². The Labute approximate surface area is 532 Å². The van der Waals surface area contributed by atoms with Gasteiger partial charge in [-0.2, -0.15) is 0 Å². The van der Waals surface area contributed by atoms with Crippen molar-refractivity contribution in [3.05, 3.63) is 0 Å². The van der Waals surface area contributed by atoms with Crippen LogP contribution in [0.3, 0.4) is 0 Å². The van der Waals surface area contributed by atoms with Gasteiger partial charge in [0.2, 0.25) is 0 Å². The highest BCUT2D eigenvalue weighted by atomic mass is 16.6. The molecule has 14 heteroatoms. The lowest BCUT2D eigenvalue weighted by atomic mass is 10.1. The van der Waals surface area contributed by atoms with Gasteiger partial charge in [-0.1, -0.05) is 263 Å². The first kappa shape index (κ1) is 96.1. The van der Waals surface area contributed by atoms with Crippen molar-refractivity contribution < 1.29 is 66.7 Å². The average molecular weight is 1230 g/mol. The summed E-state index contributed by atoms with van der Waals surface area (Å²) >= 11 is 0. The van der Waals surface area contributed by atoms with E-state index in [1.54, 1.807) is 7.11 Å². The van der Waals surface area contributed by atoms with Crippen molar-refractivity contribution >= 4 is 43.1 Å². The van der Waals surface area contributed by atoms with Gasteiger partial charge < -0.3 is 38.0 Å². The van der Waals surface area contributed by atoms with Gasteiger partial charge in [0.15, 0.2) is 0 Å². The smallest absolute Gasteiger partial charge is 0.306 e. The Hall–Kier alpha value is -3.55. The minimum Gasteiger partial charge on any atom is -0.468 e. The van der Waals surface area contributed by atoms with Crippen LogP contribution in [0.1, 0.15) is 347 Å². The second-order valence-corrected chi connectivity index (χ2v) is 23.4. The molecule has 14 nitrogen and oxygen atoms in total. The van der Waals surface area contributed by atoms with Gasteiger partial charge in [-0.3, -0.25) is 28.8 Å². The van der Waals surface area contributed by atoms with Gasteiger partial charge in [-0.05, 0) is 63.2 Å². The largest absolute Gasteiger partial charge is 0.468 e. The lowest BCUT2D eigenvalue weighted by Gasteiger charge is -2.15. The zero-order valence-electron chi connectivity index (χ0n) is 59.3. The Morgan fingerprint density at radius 1 is 0.360 bits per heavy atom. The molecule has 2 unspecified atom stereocenters. The van der Waals surface area contributed by atoms with Crippen molar-refractivity contribution in [1.29, 1.82) is 0 Å². The van der Waals surface area contributed by atoms with Crippen LogP contribution in [0.15, 0.2) is 0 Å². The lowest BCUT2D eigenvalue weighted by Crippen LogP contribution is -2.22. The molecular weight excluding hydrogens is 1090 g/mol. The number of esters is 4. The molecule has 0 amide bonds. The van der Waals surface area contributed by atoms with Crippen LogP contribution in [0.25, 0.3) is 0 Å². The van der Waals surface area contributed by atoms with Crippen LogP contribution in [0.4, 0.5) is 0 Å². The summed E-state index contributed by atoms with van der Waals surface area (Å²) in [5.41, 5.74) is 0. The quantitative estimate of drug-likeness (QED) is 0.0242. The highest BCUT2D eigenvalue weighted by molar-refractivity contribution is 5.70. The molecule has 516 valence electrons. The summed E-state index contributed by atoms with van der Waals surface area (Å²) in [4.78, 5) is 74.6. The van der Waals surface area contributed by atoms with E-state index in [4.69, 9.17) is 23.7 Å². The molecule has 0 saturated carbocycles. The summed E-state index contributed by atoms with van der Waals surface area (Å²) in [6.45, 7) is 33.2. The summed E-state index contributed by atoms with van der Waals surface area (Å²) < 4.78 is 34.5.